The predicted molar refractivity (Wildman–Crippen MR) is 83.6 cm³/mol. The van der Waals surface area contributed by atoms with Gasteiger partial charge in [-0.25, -0.2) is 0 Å². The smallest absolute Gasteiger partial charge is 0.237 e. The Balaban J connectivity index is 2.39. The van der Waals surface area contributed by atoms with E-state index in [0.717, 1.165) is 39.0 Å². The number of carbonyl (C=O) groups excluding carboxylic acids is 1. The molecule has 0 spiro atoms. The van der Waals surface area contributed by atoms with Crippen LogP contribution in [0.25, 0.3) is 0 Å². The van der Waals surface area contributed by atoms with Crippen LogP contribution in [-0.2, 0) is 4.79 Å². The third-order valence-corrected chi connectivity index (χ3v) is 4.57. The second-order valence-corrected chi connectivity index (χ2v) is 6.60. The Morgan fingerprint density at radius 2 is 2.10 bits per heavy atom. The van der Waals surface area contributed by atoms with Crippen molar-refractivity contribution >= 4 is 5.91 Å². The van der Waals surface area contributed by atoms with Gasteiger partial charge in [-0.3, -0.25) is 4.79 Å². The quantitative estimate of drug-likeness (QED) is 0.681. The molecule has 1 saturated heterocycles. The Bertz CT molecular complexity index is 321. The van der Waals surface area contributed by atoms with E-state index in [4.69, 9.17) is 5.73 Å². The molecule has 3 atom stereocenters. The summed E-state index contributed by atoms with van der Waals surface area (Å²) in [5, 5.41) is 3.22. The zero-order chi connectivity index (χ0) is 15.3. The molecule has 1 heterocycles. The van der Waals surface area contributed by atoms with Gasteiger partial charge in [-0.2, -0.15) is 0 Å². The van der Waals surface area contributed by atoms with Gasteiger partial charge in [-0.1, -0.05) is 13.8 Å². The highest BCUT2D eigenvalue weighted by atomic mass is 16.1. The molecule has 3 unspecified atom stereocenters. The molecule has 1 fully saturated rings. The second-order valence-electron chi connectivity index (χ2n) is 6.60. The molecule has 1 aliphatic rings. The number of likely N-dealkylation sites (N-methyl/N-ethyl adjacent to an activating group) is 2. The van der Waals surface area contributed by atoms with Gasteiger partial charge in [0.05, 0.1) is 5.54 Å². The number of nitrogens with two attached hydrogens (primary N) is 1. The molecule has 0 saturated carbocycles. The topological polar surface area (TPSA) is 61.6 Å². The first-order chi connectivity index (χ1) is 9.30. The number of likely N-dealkylation sites (tertiary alicyclic amines) is 1. The maximum absolute atomic E-state index is 11.6. The lowest BCUT2D eigenvalue weighted by Gasteiger charge is -2.28. The highest BCUT2D eigenvalue weighted by Gasteiger charge is 2.32. The summed E-state index contributed by atoms with van der Waals surface area (Å²) in [5.41, 5.74) is 4.94. The molecule has 1 amide bonds. The van der Waals surface area contributed by atoms with Gasteiger partial charge < -0.3 is 20.9 Å². The highest BCUT2D eigenvalue weighted by Crippen LogP contribution is 2.21. The fourth-order valence-corrected chi connectivity index (χ4v) is 3.25. The summed E-state index contributed by atoms with van der Waals surface area (Å²) in [7, 11) is 4.31. The third-order valence-electron chi connectivity index (χ3n) is 4.57. The molecule has 0 radical (unpaired) electrons. The Morgan fingerprint density at radius 1 is 1.45 bits per heavy atom. The Morgan fingerprint density at radius 3 is 2.55 bits per heavy atom. The van der Waals surface area contributed by atoms with Crippen LogP contribution in [-0.4, -0.2) is 67.6 Å². The molecular weight excluding hydrogens is 252 g/mol. The summed E-state index contributed by atoms with van der Waals surface area (Å²) in [6, 6.07) is 0.645. The molecule has 0 aromatic rings. The molecule has 1 aliphatic heterocycles. The number of nitrogens with one attached hydrogen (secondary N) is 1. The molecule has 1 rings (SSSR count). The van der Waals surface area contributed by atoms with Crippen LogP contribution < -0.4 is 11.1 Å². The van der Waals surface area contributed by atoms with Crippen molar-refractivity contribution in [2.24, 2.45) is 11.7 Å². The van der Waals surface area contributed by atoms with Crippen molar-refractivity contribution in [1.82, 2.24) is 15.1 Å². The second kappa shape index (κ2) is 7.38. The lowest BCUT2D eigenvalue weighted by Crippen LogP contribution is -2.53. The zero-order valence-electron chi connectivity index (χ0n) is 13.8. The maximum Gasteiger partial charge on any atom is 0.237 e. The molecule has 5 nitrogen and oxygen atoms in total. The van der Waals surface area contributed by atoms with Crippen LogP contribution in [0.4, 0.5) is 0 Å². The van der Waals surface area contributed by atoms with Gasteiger partial charge in [0.15, 0.2) is 0 Å². The number of primary amides is 1. The monoisotopic (exact) mass is 284 g/mol. The van der Waals surface area contributed by atoms with Crippen molar-refractivity contribution in [1.29, 1.82) is 0 Å². The molecule has 118 valence electrons. The average molecular weight is 284 g/mol. The van der Waals surface area contributed by atoms with E-state index in [0.29, 0.717) is 12.0 Å². The fourth-order valence-electron chi connectivity index (χ4n) is 3.25. The Kier molecular flexibility index (Phi) is 6.43. The van der Waals surface area contributed by atoms with Crippen molar-refractivity contribution in [2.45, 2.75) is 45.2 Å². The number of nitrogens with zero attached hydrogens (tertiary/aromatic N) is 2. The van der Waals surface area contributed by atoms with Gasteiger partial charge in [0.1, 0.15) is 0 Å². The SMILES string of the molecule is CCNC(C)(CCCN1CC(C)C(N(C)C)C1)C(N)=O. The predicted octanol–water partition coefficient (Wildman–Crippen LogP) is 0.502. The van der Waals surface area contributed by atoms with Gasteiger partial charge in [-0.15, -0.1) is 0 Å². The standard InChI is InChI=1S/C15H32N4O/c1-6-17-15(3,14(16)20)8-7-9-19-10-12(2)13(11-19)18(4)5/h12-13,17H,6-11H2,1-5H3,(H2,16,20). The van der Waals surface area contributed by atoms with E-state index < -0.39 is 5.54 Å². The minimum Gasteiger partial charge on any atom is -0.368 e. The van der Waals surface area contributed by atoms with E-state index in [2.05, 4.69) is 36.1 Å². The normalized spacial score (nSPS) is 26.9. The first-order valence-electron chi connectivity index (χ1n) is 7.74. The van der Waals surface area contributed by atoms with E-state index in [9.17, 15) is 4.79 Å². The van der Waals surface area contributed by atoms with Crippen molar-refractivity contribution < 1.29 is 4.79 Å². The van der Waals surface area contributed by atoms with Crippen LogP contribution in [0.15, 0.2) is 0 Å². The van der Waals surface area contributed by atoms with Gasteiger partial charge in [0.25, 0.3) is 0 Å². The molecule has 0 bridgehead atoms. The van der Waals surface area contributed by atoms with Crippen LogP contribution in [0, 0.1) is 5.92 Å². The van der Waals surface area contributed by atoms with E-state index in [-0.39, 0.29) is 5.91 Å². The summed E-state index contributed by atoms with van der Waals surface area (Å²) < 4.78 is 0. The molecule has 3 N–H and O–H groups in total. The van der Waals surface area contributed by atoms with E-state index >= 15 is 0 Å². The number of amides is 1. The van der Waals surface area contributed by atoms with E-state index in [1.165, 1.54) is 0 Å². The minimum atomic E-state index is -0.568. The van der Waals surface area contributed by atoms with E-state index in [1.54, 1.807) is 0 Å². The molecular formula is C15H32N4O. The highest BCUT2D eigenvalue weighted by molar-refractivity contribution is 5.84. The molecule has 20 heavy (non-hydrogen) atoms. The van der Waals surface area contributed by atoms with Crippen molar-refractivity contribution in [3.05, 3.63) is 0 Å². The number of carbonyl (C=O) groups is 1. The maximum atomic E-state index is 11.6. The summed E-state index contributed by atoms with van der Waals surface area (Å²) in [6.07, 6.45) is 1.80. The number of hydrogen-bond acceptors (Lipinski definition) is 4. The zero-order valence-corrected chi connectivity index (χ0v) is 13.8. The first kappa shape index (κ1) is 17.4. The summed E-state index contributed by atoms with van der Waals surface area (Å²) >= 11 is 0. The van der Waals surface area contributed by atoms with Gasteiger partial charge in [-0.05, 0) is 52.9 Å². The Labute approximate surface area is 123 Å². The molecule has 0 aliphatic carbocycles. The molecule has 5 heteroatoms. The number of hydrogen-bond donors (Lipinski definition) is 2. The number of rotatable bonds is 8. The van der Waals surface area contributed by atoms with Crippen molar-refractivity contribution in [3.63, 3.8) is 0 Å². The first-order valence-corrected chi connectivity index (χ1v) is 7.74. The molecule has 0 aromatic heterocycles. The summed E-state index contributed by atoms with van der Waals surface area (Å²) in [5.74, 6) is 0.460. The third kappa shape index (κ3) is 4.43. The fraction of sp³-hybridized carbons (Fsp3) is 0.933. The van der Waals surface area contributed by atoms with Gasteiger partial charge in [0.2, 0.25) is 5.91 Å². The van der Waals surface area contributed by atoms with Gasteiger partial charge >= 0.3 is 0 Å². The van der Waals surface area contributed by atoms with Crippen molar-refractivity contribution in [2.75, 3.05) is 40.3 Å². The lowest BCUT2D eigenvalue weighted by molar-refractivity contribution is -0.124. The lowest BCUT2D eigenvalue weighted by atomic mass is 9.94. The van der Waals surface area contributed by atoms with Crippen LogP contribution in [0.5, 0.6) is 0 Å². The van der Waals surface area contributed by atoms with Crippen LogP contribution in [0.3, 0.4) is 0 Å². The largest absolute Gasteiger partial charge is 0.368 e. The van der Waals surface area contributed by atoms with Crippen LogP contribution >= 0.6 is 0 Å². The van der Waals surface area contributed by atoms with Crippen LogP contribution in [0.1, 0.15) is 33.6 Å². The Hall–Kier alpha value is -0.650. The van der Waals surface area contributed by atoms with Crippen LogP contribution in [0.2, 0.25) is 0 Å². The van der Waals surface area contributed by atoms with E-state index in [1.807, 2.05) is 13.8 Å². The van der Waals surface area contributed by atoms with Crippen molar-refractivity contribution in [3.8, 4) is 0 Å². The minimum absolute atomic E-state index is 0.250. The summed E-state index contributed by atoms with van der Waals surface area (Å²) in [6.45, 7) is 10.3. The van der Waals surface area contributed by atoms with Gasteiger partial charge in [0, 0.05) is 19.1 Å². The molecule has 0 aromatic carbocycles. The summed E-state index contributed by atoms with van der Waals surface area (Å²) in [4.78, 5) is 16.4. The average Bonchev–Trinajstić information content (AvgIpc) is 2.70.